The smallest absolute Gasteiger partial charge is 0.242 e. The highest BCUT2D eigenvalue weighted by Gasteiger charge is 2.31. The molecule has 0 aromatic rings. The Morgan fingerprint density at radius 1 is 1.75 bits per heavy atom. The zero-order valence-corrected chi connectivity index (χ0v) is 9.73. The number of nitrogens with zero attached hydrogens (tertiary/aromatic N) is 1. The molecular formula is C10H19N3O3. The molecule has 0 aromatic carbocycles. The number of nitrogens with two attached hydrogens (primary N) is 1. The first-order valence-corrected chi connectivity index (χ1v) is 5.40. The van der Waals surface area contributed by atoms with Gasteiger partial charge in [0.2, 0.25) is 11.8 Å². The van der Waals surface area contributed by atoms with Crippen molar-refractivity contribution < 1.29 is 14.3 Å². The summed E-state index contributed by atoms with van der Waals surface area (Å²) in [4.78, 5) is 24.8. The molecule has 3 N–H and O–H groups in total. The Balaban J connectivity index is 2.54. The predicted molar refractivity (Wildman–Crippen MR) is 58.7 cm³/mol. The second-order valence-corrected chi connectivity index (χ2v) is 3.89. The Labute approximate surface area is 95.1 Å². The monoisotopic (exact) mass is 229 g/mol. The highest BCUT2D eigenvalue weighted by atomic mass is 16.5. The van der Waals surface area contributed by atoms with Gasteiger partial charge in [0, 0.05) is 26.8 Å². The molecule has 1 saturated heterocycles. The third-order valence-corrected chi connectivity index (χ3v) is 2.73. The zero-order chi connectivity index (χ0) is 12.1. The van der Waals surface area contributed by atoms with Gasteiger partial charge in [0.05, 0.1) is 6.04 Å². The molecule has 6 nitrogen and oxygen atoms in total. The Hall–Kier alpha value is -1.14. The summed E-state index contributed by atoms with van der Waals surface area (Å²) in [6.45, 7) is 3.16. The van der Waals surface area contributed by atoms with E-state index in [0.29, 0.717) is 26.1 Å². The largest absolute Gasteiger partial charge is 0.385 e. The molecule has 1 aliphatic heterocycles. The van der Waals surface area contributed by atoms with Crippen LogP contribution >= 0.6 is 0 Å². The highest BCUT2D eigenvalue weighted by Crippen LogP contribution is 2.07. The molecule has 0 bridgehead atoms. The van der Waals surface area contributed by atoms with Crippen LogP contribution in [0.4, 0.5) is 0 Å². The van der Waals surface area contributed by atoms with Gasteiger partial charge >= 0.3 is 0 Å². The minimum Gasteiger partial charge on any atom is -0.385 e. The van der Waals surface area contributed by atoms with Crippen molar-refractivity contribution in [2.75, 3.05) is 26.8 Å². The normalized spacial score (nSPS) is 22.8. The number of nitrogens with one attached hydrogen (secondary N) is 1. The van der Waals surface area contributed by atoms with E-state index in [9.17, 15) is 9.59 Å². The number of ether oxygens (including phenoxy) is 1. The Bertz CT molecular complexity index is 270. The van der Waals surface area contributed by atoms with Gasteiger partial charge in [-0.25, -0.2) is 0 Å². The summed E-state index contributed by atoms with van der Waals surface area (Å²) in [5, 5.41) is 2.70. The van der Waals surface area contributed by atoms with Crippen LogP contribution in [0, 0.1) is 0 Å². The van der Waals surface area contributed by atoms with E-state index in [1.165, 1.54) is 4.90 Å². The van der Waals surface area contributed by atoms with Gasteiger partial charge in [-0.2, -0.15) is 0 Å². The van der Waals surface area contributed by atoms with E-state index < -0.39 is 12.1 Å². The van der Waals surface area contributed by atoms with Crippen molar-refractivity contribution in [3.8, 4) is 0 Å². The second kappa shape index (κ2) is 5.81. The standard InChI is InChI=1S/C10H19N3O3/c1-7-9(14)12-4-5-13(7)10(15)8(11)3-6-16-2/h7-8H,3-6,11H2,1-2H3,(H,12,14). The lowest BCUT2D eigenvalue weighted by Gasteiger charge is -2.34. The molecule has 0 spiro atoms. The molecule has 6 heteroatoms. The van der Waals surface area contributed by atoms with Crippen molar-refractivity contribution >= 4 is 11.8 Å². The molecule has 0 aliphatic carbocycles. The van der Waals surface area contributed by atoms with Crippen molar-refractivity contribution in [2.24, 2.45) is 5.73 Å². The van der Waals surface area contributed by atoms with Crippen LogP contribution in [0.1, 0.15) is 13.3 Å². The maximum atomic E-state index is 11.9. The second-order valence-electron chi connectivity index (χ2n) is 3.89. The van der Waals surface area contributed by atoms with Crippen molar-refractivity contribution in [3.63, 3.8) is 0 Å². The number of carbonyl (C=O) groups is 2. The van der Waals surface area contributed by atoms with Crippen molar-refractivity contribution in [1.29, 1.82) is 0 Å². The van der Waals surface area contributed by atoms with Crippen molar-refractivity contribution in [1.82, 2.24) is 10.2 Å². The van der Waals surface area contributed by atoms with Crippen LogP contribution < -0.4 is 11.1 Å². The zero-order valence-electron chi connectivity index (χ0n) is 9.73. The lowest BCUT2D eigenvalue weighted by Crippen LogP contribution is -2.59. The molecular weight excluding hydrogens is 210 g/mol. The first-order valence-electron chi connectivity index (χ1n) is 5.40. The molecule has 1 fully saturated rings. The molecule has 0 saturated carbocycles. The number of amides is 2. The topological polar surface area (TPSA) is 84.7 Å². The fraction of sp³-hybridized carbons (Fsp3) is 0.800. The number of hydrogen-bond donors (Lipinski definition) is 2. The van der Waals surface area contributed by atoms with E-state index >= 15 is 0 Å². The predicted octanol–water partition coefficient (Wildman–Crippen LogP) is -1.30. The van der Waals surface area contributed by atoms with Crippen LogP contribution in [0.5, 0.6) is 0 Å². The van der Waals surface area contributed by atoms with Gasteiger partial charge in [-0.3, -0.25) is 9.59 Å². The fourth-order valence-corrected chi connectivity index (χ4v) is 1.66. The molecule has 1 aliphatic rings. The summed E-state index contributed by atoms with van der Waals surface area (Å²) in [6, 6.07) is -1.02. The van der Waals surface area contributed by atoms with Gasteiger partial charge in [0.25, 0.3) is 0 Å². The lowest BCUT2D eigenvalue weighted by atomic mass is 10.1. The van der Waals surface area contributed by atoms with Gasteiger partial charge in [-0.05, 0) is 13.3 Å². The summed E-state index contributed by atoms with van der Waals surface area (Å²) in [6.07, 6.45) is 0.472. The fourth-order valence-electron chi connectivity index (χ4n) is 1.66. The summed E-state index contributed by atoms with van der Waals surface area (Å²) in [5.74, 6) is -0.307. The third-order valence-electron chi connectivity index (χ3n) is 2.73. The molecule has 0 aromatic heterocycles. The maximum absolute atomic E-state index is 11.9. The van der Waals surface area contributed by atoms with Crippen LogP contribution in [0.25, 0.3) is 0 Å². The first-order chi connectivity index (χ1) is 7.57. The Kier molecular flexibility index (Phi) is 4.70. The van der Waals surface area contributed by atoms with Crippen molar-refractivity contribution in [2.45, 2.75) is 25.4 Å². The van der Waals surface area contributed by atoms with E-state index in [1.807, 2.05) is 0 Å². The van der Waals surface area contributed by atoms with Crippen LogP contribution in [0.3, 0.4) is 0 Å². The van der Waals surface area contributed by atoms with Crippen LogP contribution in [0.2, 0.25) is 0 Å². The first kappa shape index (κ1) is 12.9. The van der Waals surface area contributed by atoms with E-state index in [-0.39, 0.29) is 11.8 Å². The quantitative estimate of drug-likeness (QED) is 0.627. The molecule has 92 valence electrons. The average molecular weight is 229 g/mol. The molecule has 2 atom stereocenters. The number of carbonyl (C=O) groups excluding carboxylic acids is 2. The summed E-state index contributed by atoms with van der Waals surface area (Å²) in [7, 11) is 1.56. The Morgan fingerprint density at radius 2 is 2.44 bits per heavy atom. The molecule has 16 heavy (non-hydrogen) atoms. The molecule has 2 unspecified atom stereocenters. The number of methoxy groups -OCH3 is 1. The van der Waals surface area contributed by atoms with E-state index in [2.05, 4.69) is 5.32 Å². The SMILES string of the molecule is COCCC(N)C(=O)N1CCNC(=O)C1C. The summed E-state index contributed by atoms with van der Waals surface area (Å²) >= 11 is 0. The lowest BCUT2D eigenvalue weighted by molar-refractivity contribution is -0.143. The van der Waals surface area contributed by atoms with E-state index in [4.69, 9.17) is 10.5 Å². The third kappa shape index (κ3) is 2.93. The van der Waals surface area contributed by atoms with Crippen molar-refractivity contribution in [3.05, 3.63) is 0 Å². The maximum Gasteiger partial charge on any atom is 0.242 e. The average Bonchev–Trinajstić information content (AvgIpc) is 2.28. The summed E-state index contributed by atoms with van der Waals surface area (Å²) in [5.41, 5.74) is 5.74. The molecule has 1 rings (SSSR count). The van der Waals surface area contributed by atoms with Crippen LogP contribution in [-0.2, 0) is 14.3 Å². The van der Waals surface area contributed by atoms with Gasteiger partial charge in [0.1, 0.15) is 6.04 Å². The molecule has 1 heterocycles. The number of rotatable bonds is 4. The highest BCUT2D eigenvalue weighted by molar-refractivity contribution is 5.90. The van der Waals surface area contributed by atoms with Gasteiger partial charge in [-0.15, -0.1) is 0 Å². The number of piperazine rings is 1. The molecule has 0 radical (unpaired) electrons. The minimum atomic E-state index is -0.590. The minimum absolute atomic E-state index is 0.126. The van der Waals surface area contributed by atoms with Gasteiger partial charge in [0.15, 0.2) is 0 Å². The summed E-state index contributed by atoms with van der Waals surface area (Å²) < 4.78 is 4.87. The Morgan fingerprint density at radius 3 is 3.06 bits per heavy atom. The van der Waals surface area contributed by atoms with E-state index in [1.54, 1.807) is 14.0 Å². The van der Waals surface area contributed by atoms with Crippen LogP contribution in [-0.4, -0.2) is 55.6 Å². The molecule has 2 amide bonds. The number of hydrogen-bond acceptors (Lipinski definition) is 4. The van der Waals surface area contributed by atoms with Gasteiger partial charge < -0.3 is 20.7 Å². The van der Waals surface area contributed by atoms with Crippen LogP contribution in [0.15, 0.2) is 0 Å². The van der Waals surface area contributed by atoms with Gasteiger partial charge in [-0.1, -0.05) is 0 Å². The van der Waals surface area contributed by atoms with E-state index in [0.717, 1.165) is 0 Å².